The molecule has 0 amide bonds. The van der Waals surface area contributed by atoms with Gasteiger partial charge in [-0.05, 0) is 18.2 Å². The molecule has 0 atom stereocenters. The third kappa shape index (κ3) is 1.98. The molecule has 0 aliphatic heterocycles. The van der Waals surface area contributed by atoms with Crippen LogP contribution in [0.25, 0.3) is 33.7 Å². The molecule has 0 unspecified atom stereocenters. The quantitative estimate of drug-likeness (QED) is 0.602. The van der Waals surface area contributed by atoms with Gasteiger partial charge in [0.05, 0.1) is 33.9 Å². The second-order valence-electron chi connectivity index (χ2n) is 4.82. The minimum atomic E-state index is 0.588. The molecule has 2 heterocycles. The minimum Gasteiger partial charge on any atom is -0.338 e. The lowest BCUT2D eigenvalue weighted by Gasteiger charge is -2.07. The molecular weight excluding hydrogens is 292 g/mol. The molecule has 2 aromatic heterocycles. The summed E-state index contributed by atoms with van der Waals surface area (Å²) in [5.74, 6) is 0.696. The Balaban J connectivity index is 2.03. The van der Waals surface area contributed by atoms with Crippen LogP contribution in [-0.2, 0) is 0 Å². The average molecular weight is 302 g/mol. The van der Waals surface area contributed by atoms with Gasteiger partial charge in [-0.2, -0.15) is 5.26 Å². The van der Waals surface area contributed by atoms with Gasteiger partial charge in [0.15, 0.2) is 0 Å². The largest absolute Gasteiger partial charge is 0.338 e. The Kier molecular flexibility index (Phi) is 2.95. The van der Waals surface area contributed by atoms with E-state index in [2.05, 4.69) is 21.0 Å². The third-order valence-corrected chi connectivity index (χ3v) is 4.11. The van der Waals surface area contributed by atoms with Crippen LogP contribution >= 0.6 is 11.3 Å². The van der Waals surface area contributed by atoms with E-state index in [0.29, 0.717) is 11.4 Å². The first-order valence-electron chi connectivity index (χ1n) is 6.73. The van der Waals surface area contributed by atoms with Crippen molar-refractivity contribution in [3.05, 3.63) is 58.9 Å². The van der Waals surface area contributed by atoms with Crippen molar-refractivity contribution < 1.29 is 0 Å². The van der Waals surface area contributed by atoms with Crippen molar-refractivity contribution in [2.45, 2.75) is 0 Å². The van der Waals surface area contributed by atoms with Gasteiger partial charge >= 0.3 is 0 Å². The Morgan fingerprint density at radius 2 is 2.00 bits per heavy atom. The molecule has 104 valence electrons. The fraction of sp³-hybridized carbons (Fsp3) is 0. The molecule has 5 heteroatoms. The molecule has 0 bridgehead atoms. The Morgan fingerprint density at radius 3 is 2.77 bits per heavy atom. The van der Waals surface area contributed by atoms with Crippen molar-refractivity contribution in [1.29, 1.82) is 5.26 Å². The van der Waals surface area contributed by atoms with E-state index < -0.39 is 0 Å². The fourth-order valence-corrected chi connectivity index (χ4v) is 3.08. The summed E-state index contributed by atoms with van der Waals surface area (Å²) in [5.41, 5.74) is 6.79. The predicted octanol–water partition coefficient (Wildman–Crippen LogP) is 4.23. The number of aromatic amines is 1. The zero-order valence-corrected chi connectivity index (χ0v) is 12.3. The highest BCUT2D eigenvalue weighted by atomic mass is 32.1. The van der Waals surface area contributed by atoms with Gasteiger partial charge in [-0.25, -0.2) is 9.97 Å². The van der Waals surface area contributed by atoms with E-state index in [0.717, 1.165) is 27.9 Å². The molecule has 0 fully saturated rings. The number of nitriles is 1. The van der Waals surface area contributed by atoms with Crippen LogP contribution in [0.1, 0.15) is 5.56 Å². The van der Waals surface area contributed by atoms with Crippen LogP contribution in [0.2, 0.25) is 0 Å². The normalized spacial score (nSPS) is 10.7. The molecule has 22 heavy (non-hydrogen) atoms. The molecule has 4 aromatic rings. The fourth-order valence-electron chi connectivity index (χ4n) is 2.53. The maximum atomic E-state index is 9.47. The number of aromatic nitrogens is 3. The van der Waals surface area contributed by atoms with Crippen LogP contribution in [-0.4, -0.2) is 15.0 Å². The number of para-hydroxylation sites is 2. The standard InChI is InChI=1S/C17H10N4S/c18-8-11-4-3-5-12(15-9-22-10-19-15)16(11)17-20-13-6-1-2-7-14(13)21-17/h1-7,9-10H,(H,20,21). The van der Waals surface area contributed by atoms with Crippen molar-refractivity contribution in [3.8, 4) is 28.7 Å². The molecule has 4 nitrogen and oxygen atoms in total. The molecule has 0 saturated carbocycles. The number of nitrogens with one attached hydrogen (secondary N) is 1. The molecule has 0 aliphatic carbocycles. The molecule has 4 rings (SSSR count). The summed E-state index contributed by atoms with van der Waals surface area (Å²) >= 11 is 1.53. The number of H-pyrrole nitrogens is 1. The zero-order valence-electron chi connectivity index (χ0n) is 11.4. The predicted molar refractivity (Wildman–Crippen MR) is 87.4 cm³/mol. The first-order chi connectivity index (χ1) is 10.9. The van der Waals surface area contributed by atoms with Crippen molar-refractivity contribution in [3.63, 3.8) is 0 Å². The SMILES string of the molecule is N#Cc1cccc(-c2cscn2)c1-c1nc2ccccc2[nH]1. The Hall–Kier alpha value is -2.97. The monoisotopic (exact) mass is 302 g/mol. The minimum absolute atomic E-state index is 0.588. The number of nitrogens with zero attached hydrogens (tertiary/aromatic N) is 3. The van der Waals surface area contributed by atoms with E-state index in [-0.39, 0.29) is 0 Å². The van der Waals surface area contributed by atoms with E-state index in [9.17, 15) is 5.26 Å². The summed E-state index contributed by atoms with van der Waals surface area (Å²) < 4.78 is 0. The van der Waals surface area contributed by atoms with E-state index in [1.165, 1.54) is 11.3 Å². The highest BCUT2D eigenvalue weighted by Gasteiger charge is 2.16. The van der Waals surface area contributed by atoms with Crippen LogP contribution in [0.3, 0.4) is 0 Å². The maximum absolute atomic E-state index is 9.47. The molecule has 0 spiro atoms. The average Bonchev–Trinajstić information content (AvgIpc) is 3.23. The first-order valence-corrected chi connectivity index (χ1v) is 7.68. The van der Waals surface area contributed by atoms with E-state index >= 15 is 0 Å². The number of benzene rings is 2. The number of rotatable bonds is 2. The lowest BCUT2D eigenvalue weighted by Crippen LogP contribution is -1.91. The second kappa shape index (κ2) is 5.10. The number of fused-ring (bicyclic) bond motifs is 1. The van der Waals surface area contributed by atoms with Gasteiger partial charge in [0, 0.05) is 16.5 Å². The summed E-state index contributed by atoms with van der Waals surface area (Å²) in [6, 6.07) is 15.7. The first kappa shape index (κ1) is 12.7. The molecular formula is C17H10N4S. The Morgan fingerprint density at radius 1 is 1.09 bits per heavy atom. The van der Waals surface area contributed by atoms with Gasteiger partial charge in [0.1, 0.15) is 5.82 Å². The second-order valence-corrected chi connectivity index (χ2v) is 5.53. The van der Waals surface area contributed by atoms with Crippen molar-refractivity contribution in [1.82, 2.24) is 15.0 Å². The van der Waals surface area contributed by atoms with Crippen LogP contribution in [0.4, 0.5) is 0 Å². The number of thiazole rings is 1. The van der Waals surface area contributed by atoms with E-state index in [4.69, 9.17) is 0 Å². The van der Waals surface area contributed by atoms with Crippen molar-refractivity contribution in [2.75, 3.05) is 0 Å². The van der Waals surface area contributed by atoms with E-state index in [1.807, 2.05) is 41.8 Å². The van der Waals surface area contributed by atoms with Gasteiger partial charge < -0.3 is 4.98 Å². The lowest BCUT2D eigenvalue weighted by molar-refractivity contribution is 1.31. The highest BCUT2D eigenvalue weighted by Crippen LogP contribution is 2.33. The van der Waals surface area contributed by atoms with E-state index in [1.54, 1.807) is 11.6 Å². The van der Waals surface area contributed by atoms with Crippen LogP contribution in [0, 0.1) is 11.3 Å². The number of hydrogen-bond donors (Lipinski definition) is 1. The van der Waals surface area contributed by atoms with Crippen molar-refractivity contribution >= 4 is 22.4 Å². The van der Waals surface area contributed by atoms with Gasteiger partial charge in [-0.3, -0.25) is 0 Å². The Bertz CT molecular complexity index is 960. The summed E-state index contributed by atoms with van der Waals surface area (Å²) in [6.45, 7) is 0. The molecule has 1 N–H and O–H groups in total. The summed E-state index contributed by atoms with van der Waals surface area (Å²) in [4.78, 5) is 12.3. The molecule has 0 radical (unpaired) electrons. The maximum Gasteiger partial charge on any atom is 0.140 e. The molecule has 0 saturated heterocycles. The van der Waals surface area contributed by atoms with Crippen molar-refractivity contribution in [2.24, 2.45) is 0 Å². The molecule has 0 aliphatic rings. The summed E-state index contributed by atoms with van der Waals surface area (Å²) in [7, 11) is 0. The third-order valence-electron chi connectivity index (χ3n) is 3.52. The van der Waals surface area contributed by atoms with Gasteiger partial charge in [-0.15, -0.1) is 11.3 Å². The highest BCUT2D eigenvalue weighted by molar-refractivity contribution is 7.07. The number of hydrogen-bond acceptors (Lipinski definition) is 4. The topological polar surface area (TPSA) is 65.4 Å². The van der Waals surface area contributed by atoms with Crippen LogP contribution in [0.5, 0.6) is 0 Å². The number of imidazole rings is 1. The van der Waals surface area contributed by atoms with Crippen LogP contribution < -0.4 is 0 Å². The summed E-state index contributed by atoms with van der Waals surface area (Å²) in [6.07, 6.45) is 0. The van der Waals surface area contributed by atoms with Gasteiger partial charge in [0.25, 0.3) is 0 Å². The van der Waals surface area contributed by atoms with Gasteiger partial charge in [-0.1, -0.05) is 24.3 Å². The Labute approximate surface area is 130 Å². The zero-order chi connectivity index (χ0) is 14.9. The van der Waals surface area contributed by atoms with Gasteiger partial charge in [0.2, 0.25) is 0 Å². The summed E-state index contributed by atoms with van der Waals surface area (Å²) in [5, 5.41) is 11.4. The van der Waals surface area contributed by atoms with Crippen LogP contribution in [0.15, 0.2) is 53.4 Å². The smallest absolute Gasteiger partial charge is 0.140 e. The molecule has 2 aromatic carbocycles. The lowest BCUT2D eigenvalue weighted by atomic mass is 9.99.